The Kier molecular flexibility index (Phi) is 7.51. The number of benzene rings is 1. The number of ether oxygens (including phenoxy) is 4. The molecule has 2 unspecified atom stereocenters. The Morgan fingerprint density at radius 1 is 0.741 bits per heavy atom. The van der Waals surface area contributed by atoms with E-state index in [9.17, 15) is 0 Å². The zero-order valence-electron chi connectivity index (χ0n) is 16.4. The van der Waals surface area contributed by atoms with Crippen LogP contribution in [0, 0.1) is 0 Å². The first-order chi connectivity index (χ1) is 13.2. The molecule has 0 bridgehead atoms. The summed E-state index contributed by atoms with van der Waals surface area (Å²) in [5, 5.41) is 0.772. The van der Waals surface area contributed by atoms with E-state index in [1.54, 1.807) is 21.3 Å². The van der Waals surface area contributed by atoms with Crippen LogP contribution >= 0.6 is 0 Å². The molecular formula is C19H30O7Si. The van der Waals surface area contributed by atoms with Gasteiger partial charge in [0.25, 0.3) is 0 Å². The SMILES string of the molecule is CO[Si](OC)(OC)c1cc(OC2CCCCO2)cc(OC2CCCCO2)c1. The Labute approximate surface area is 162 Å². The highest BCUT2D eigenvalue weighted by molar-refractivity contribution is 6.75. The lowest BCUT2D eigenvalue weighted by Crippen LogP contribution is -2.54. The summed E-state index contributed by atoms with van der Waals surface area (Å²) in [5.41, 5.74) is 0. The highest BCUT2D eigenvalue weighted by atomic mass is 28.4. The molecule has 8 heteroatoms. The van der Waals surface area contributed by atoms with Gasteiger partial charge in [0.1, 0.15) is 11.5 Å². The van der Waals surface area contributed by atoms with Crippen LogP contribution in [0.1, 0.15) is 38.5 Å². The van der Waals surface area contributed by atoms with Crippen molar-refractivity contribution in [2.75, 3.05) is 34.5 Å². The van der Waals surface area contributed by atoms with Crippen molar-refractivity contribution in [2.45, 2.75) is 51.1 Å². The molecule has 7 nitrogen and oxygen atoms in total. The third-order valence-corrected chi connectivity index (χ3v) is 7.46. The maximum absolute atomic E-state index is 6.07. The Hall–Kier alpha value is -1.16. The Morgan fingerprint density at radius 2 is 1.22 bits per heavy atom. The summed E-state index contributed by atoms with van der Waals surface area (Å²) in [4.78, 5) is 0. The molecule has 0 aromatic heterocycles. The van der Waals surface area contributed by atoms with Crippen molar-refractivity contribution in [3.05, 3.63) is 18.2 Å². The van der Waals surface area contributed by atoms with Crippen LogP contribution in [0.15, 0.2) is 18.2 Å². The fraction of sp³-hybridized carbons (Fsp3) is 0.684. The van der Waals surface area contributed by atoms with E-state index in [-0.39, 0.29) is 12.6 Å². The van der Waals surface area contributed by atoms with Crippen LogP contribution in [0.25, 0.3) is 0 Å². The molecule has 3 rings (SSSR count). The molecule has 2 aliphatic heterocycles. The van der Waals surface area contributed by atoms with Crippen LogP contribution in [0.4, 0.5) is 0 Å². The maximum Gasteiger partial charge on any atom is 0.536 e. The molecule has 0 radical (unpaired) electrons. The fourth-order valence-corrected chi connectivity index (χ4v) is 5.25. The molecular weight excluding hydrogens is 368 g/mol. The van der Waals surface area contributed by atoms with Gasteiger partial charge in [0, 0.05) is 45.4 Å². The Bertz CT molecular complexity index is 535. The van der Waals surface area contributed by atoms with Crippen molar-refractivity contribution < 1.29 is 32.2 Å². The smallest absolute Gasteiger partial charge is 0.465 e. The summed E-state index contributed by atoms with van der Waals surface area (Å²) < 4.78 is 40.4. The highest BCUT2D eigenvalue weighted by Gasteiger charge is 2.42. The molecule has 0 spiro atoms. The summed E-state index contributed by atoms with van der Waals surface area (Å²) in [6, 6.07) is 5.63. The van der Waals surface area contributed by atoms with Crippen molar-refractivity contribution in [1.82, 2.24) is 0 Å². The molecule has 0 N–H and O–H groups in total. The van der Waals surface area contributed by atoms with Crippen LogP contribution in [-0.2, 0) is 22.8 Å². The Balaban J connectivity index is 1.86. The maximum atomic E-state index is 6.07. The first kappa shape index (κ1) is 20.6. The van der Waals surface area contributed by atoms with Gasteiger partial charge in [0.05, 0.1) is 13.2 Å². The molecule has 0 amide bonds. The van der Waals surface area contributed by atoms with E-state index < -0.39 is 8.80 Å². The van der Waals surface area contributed by atoms with Gasteiger partial charge in [0.2, 0.25) is 0 Å². The summed E-state index contributed by atoms with van der Waals surface area (Å²) >= 11 is 0. The topological polar surface area (TPSA) is 64.6 Å². The van der Waals surface area contributed by atoms with Crippen LogP contribution in [-0.4, -0.2) is 55.9 Å². The second-order valence-electron chi connectivity index (χ2n) is 6.69. The van der Waals surface area contributed by atoms with Crippen LogP contribution < -0.4 is 14.7 Å². The minimum Gasteiger partial charge on any atom is -0.465 e. The lowest BCUT2D eigenvalue weighted by molar-refractivity contribution is -0.109. The van der Waals surface area contributed by atoms with Gasteiger partial charge in [-0.3, -0.25) is 0 Å². The minimum atomic E-state index is -3.03. The molecule has 0 saturated carbocycles. The lowest BCUT2D eigenvalue weighted by Gasteiger charge is -2.28. The van der Waals surface area contributed by atoms with Gasteiger partial charge < -0.3 is 32.2 Å². The van der Waals surface area contributed by atoms with Crippen molar-refractivity contribution in [3.8, 4) is 11.5 Å². The zero-order chi connectivity index (χ0) is 19.1. The number of hydrogen-bond donors (Lipinski definition) is 0. The molecule has 0 aliphatic carbocycles. The van der Waals surface area contributed by atoms with Gasteiger partial charge in [-0.15, -0.1) is 0 Å². The second-order valence-corrected chi connectivity index (χ2v) is 9.60. The van der Waals surface area contributed by atoms with Gasteiger partial charge >= 0.3 is 8.80 Å². The summed E-state index contributed by atoms with van der Waals surface area (Å²) in [5.74, 6) is 1.29. The van der Waals surface area contributed by atoms with Gasteiger partial charge in [-0.1, -0.05) is 0 Å². The van der Waals surface area contributed by atoms with Crippen LogP contribution in [0.3, 0.4) is 0 Å². The van der Waals surface area contributed by atoms with Gasteiger partial charge in [-0.25, -0.2) is 0 Å². The molecule has 1 aromatic rings. The lowest BCUT2D eigenvalue weighted by atomic mass is 10.2. The molecule has 152 valence electrons. The Morgan fingerprint density at radius 3 is 1.59 bits per heavy atom. The zero-order valence-corrected chi connectivity index (χ0v) is 17.4. The van der Waals surface area contributed by atoms with E-state index in [2.05, 4.69) is 0 Å². The number of hydrogen-bond acceptors (Lipinski definition) is 7. The molecule has 2 heterocycles. The van der Waals surface area contributed by atoms with E-state index in [4.69, 9.17) is 32.2 Å². The molecule has 2 atom stereocenters. The third-order valence-electron chi connectivity index (χ3n) is 4.85. The van der Waals surface area contributed by atoms with Crippen molar-refractivity contribution in [2.24, 2.45) is 0 Å². The predicted molar refractivity (Wildman–Crippen MR) is 101 cm³/mol. The first-order valence-electron chi connectivity index (χ1n) is 9.56. The van der Waals surface area contributed by atoms with Crippen molar-refractivity contribution in [3.63, 3.8) is 0 Å². The normalized spacial score (nSPS) is 23.8. The van der Waals surface area contributed by atoms with E-state index in [1.165, 1.54) is 0 Å². The average molecular weight is 399 g/mol. The summed E-state index contributed by atoms with van der Waals surface area (Å²) in [6.07, 6.45) is 5.56. The molecule has 2 saturated heterocycles. The standard InChI is InChI=1S/C19H30O7Si/c1-20-27(21-2,22-3)17-13-15(25-18-8-4-6-10-23-18)12-16(14-17)26-19-9-5-7-11-24-19/h12-14,18-19H,4-11H2,1-3H3. The van der Waals surface area contributed by atoms with Gasteiger partial charge in [-0.2, -0.15) is 0 Å². The van der Waals surface area contributed by atoms with Crippen molar-refractivity contribution in [1.29, 1.82) is 0 Å². The van der Waals surface area contributed by atoms with Crippen LogP contribution in [0.2, 0.25) is 0 Å². The van der Waals surface area contributed by atoms with Gasteiger partial charge in [-0.05, 0) is 37.8 Å². The second kappa shape index (κ2) is 9.86. The molecule has 2 aliphatic rings. The average Bonchev–Trinajstić information content (AvgIpc) is 2.71. The quantitative estimate of drug-likeness (QED) is 0.624. The monoisotopic (exact) mass is 398 g/mol. The van der Waals surface area contributed by atoms with E-state index in [1.807, 2.05) is 18.2 Å². The van der Waals surface area contributed by atoms with E-state index in [0.717, 1.165) is 56.9 Å². The number of rotatable bonds is 8. The molecule has 27 heavy (non-hydrogen) atoms. The van der Waals surface area contributed by atoms with E-state index >= 15 is 0 Å². The van der Waals surface area contributed by atoms with Crippen molar-refractivity contribution >= 4 is 14.0 Å². The van der Waals surface area contributed by atoms with Gasteiger partial charge in [0.15, 0.2) is 12.6 Å². The van der Waals surface area contributed by atoms with Crippen LogP contribution in [0.5, 0.6) is 11.5 Å². The predicted octanol–water partition coefficient (Wildman–Crippen LogP) is 2.58. The third kappa shape index (κ3) is 5.22. The largest absolute Gasteiger partial charge is 0.536 e. The molecule has 2 fully saturated rings. The minimum absolute atomic E-state index is 0.253. The fourth-order valence-electron chi connectivity index (χ4n) is 3.40. The summed E-state index contributed by atoms with van der Waals surface area (Å²) in [7, 11) is 1.73. The first-order valence-corrected chi connectivity index (χ1v) is 11.3. The molecule has 1 aromatic carbocycles. The highest BCUT2D eigenvalue weighted by Crippen LogP contribution is 2.27. The van der Waals surface area contributed by atoms with E-state index in [0.29, 0.717) is 11.5 Å². The summed E-state index contributed by atoms with van der Waals surface area (Å²) in [6.45, 7) is 1.44.